The van der Waals surface area contributed by atoms with Crippen LogP contribution in [0.25, 0.3) is 0 Å². The van der Waals surface area contributed by atoms with E-state index in [1.165, 1.54) is 4.90 Å². The molecule has 2 amide bonds. The van der Waals surface area contributed by atoms with Crippen LogP contribution in [-0.4, -0.2) is 28.6 Å². The fourth-order valence-electron chi connectivity index (χ4n) is 2.20. The maximum absolute atomic E-state index is 11.9. The van der Waals surface area contributed by atoms with E-state index in [0.717, 1.165) is 0 Å². The van der Waals surface area contributed by atoms with Gasteiger partial charge in [-0.25, -0.2) is 0 Å². The fourth-order valence-corrected chi connectivity index (χ4v) is 2.81. The second-order valence-corrected chi connectivity index (χ2v) is 5.10. The van der Waals surface area contributed by atoms with Crippen LogP contribution in [0, 0.1) is 11.8 Å². The summed E-state index contributed by atoms with van der Waals surface area (Å²) < 4.78 is 0. The first kappa shape index (κ1) is 11.1. The number of rotatable bonds is 2. The van der Waals surface area contributed by atoms with E-state index in [1.807, 2.05) is 6.08 Å². The summed E-state index contributed by atoms with van der Waals surface area (Å²) in [5.74, 6) is -0.478. The van der Waals surface area contributed by atoms with Crippen LogP contribution in [0.3, 0.4) is 0 Å². The lowest BCUT2D eigenvalue weighted by Crippen LogP contribution is -2.32. The number of hydrogen-bond donors (Lipinski definition) is 0. The normalized spacial score (nSPS) is 30.5. The minimum atomic E-state index is -0.214. The van der Waals surface area contributed by atoms with Gasteiger partial charge in [-0.15, -0.1) is 0 Å². The fraction of sp³-hybridized carbons (Fsp3) is 0.600. The molecule has 0 aromatic carbocycles. The quantitative estimate of drug-likeness (QED) is 0.576. The Kier molecular flexibility index (Phi) is 3.16. The number of fused-ring (bicyclic) bond motifs is 1. The molecule has 1 aliphatic heterocycles. The van der Waals surface area contributed by atoms with Crippen molar-refractivity contribution in [3.05, 3.63) is 11.1 Å². The van der Waals surface area contributed by atoms with E-state index >= 15 is 0 Å². The SMILES string of the molecule is O=C1[C@H]2CC=C(Cl)C[C@H]2C(=O)N1CCBr. The van der Waals surface area contributed by atoms with E-state index < -0.39 is 0 Å². The van der Waals surface area contributed by atoms with Gasteiger partial charge in [0.1, 0.15) is 0 Å². The lowest BCUT2D eigenvalue weighted by Gasteiger charge is -2.17. The highest BCUT2D eigenvalue weighted by molar-refractivity contribution is 9.09. The van der Waals surface area contributed by atoms with Gasteiger partial charge in [-0.3, -0.25) is 14.5 Å². The second-order valence-electron chi connectivity index (χ2n) is 3.82. The molecule has 2 aliphatic rings. The van der Waals surface area contributed by atoms with E-state index in [0.29, 0.717) is 29.7 Å². The summed E-state index contributed by atoms with van der Waals surface area (Å²) in [7, 11) is 0. The zero-order valence-corrected chi connectivity index (χ0v) is 10.4. The third-order valence-corrected chi connectivity index (χ3v) is 3.63. The number of carbonyl (C=O) groups is 2. The Labute approximate surface area is 102 Å². The van der Waals surface area contributed by atoms with Crippen molar-refractivity contribution in [2.45, 2.75) is 12.8 Å². The minimum Gasteiger partial charge on any atom is -0.281 e. The molecule has 0 N–H and O–H groups in total. The highest BCUT2D eigenvalue weighted by Crippen LogP contribution is 2.38. The summed E-state index contributed by atoms with van der Waals surface area (Å²) in [5, 5.41) is 1.34. The standard InChI is InChI=1S/C10H11BrClNO2/c11-3-4-13-9(14)7-2-1-6(12)5-8(7)10(13)15/h1,7-8H,2-5H2/t7-,8+/m0/s1. The summed E-state index contributed by atoms with van der Waals surface area (Å²) in [5.41, 5.74) is 0. The van der Waals surface area contributed by atoms with Crippen molar-refractivity contribution in [3.63, 3.8) is 0 Å². The molecule has 82 valence electrons. The van der Waals surface area contributed by atoms with Gasteiger partial charge in [-0.2, -0.15) is 0 Å². The van der Waals surface area contributed by atoms with Crippen LogP contribution in [0.5, 0.6) is 0 Å². The molecule has 0 saturated carbocycles. The Morgan fingerprint density at radius 3 is 2.73 bits per heavy atom. The molecule has 0 unspecified atom stereocenters. The van der Waals surface area contributed by atoms with E-state index in [-0.39, 0.29) is 23.7 Å². The maximum Gasteiger partial charge on any atom is 0.233 e. The molecular weight excluding hydrogens is 281 g/mol. The number of hydrogen-bond acceptors (Lipinski definition) is 2. The van der Waals surface area contributed by atoms with E-state index in [2.05, 4.69) is 15.9 Å². The molecule has 1 saturated heterocycles. The Morgan fingerprint density at radius 2 is 2.07 bits per heavy atom. The van der Waals surface area contributed by atoms with Crippen molar-refractivity contribution >= 4 is 39.3 Å². The van der Waals surface area contributed by atoms with Crippen LogP contribution in [-0.2, 0) is 9.59 Å². The first-order valence-corrected chi connectivity index (χ1v) is 6.41. The highest BCUT2D eigenvalue weighted by atomic mass is 79.9. The third-order valence-electron chi connectivity index (χ3n) is 2.97. The zero-order valence-electron chi connectivity index (χ0n) is 8.08. The Bertz CT molecular complexity index is 342. The first-order chi connectivity index (χ1) is 7.15. The Hall–Kier alpha value is -0.350. The van der Waals surface area contributed by atoms with E-state index in [9.17, 15) is 9.59 Å². The highest BCUT2D eigenvalue weighted by Gasteiger charge is 2.47. The average molecular weight is 293 g/mol. The molecule has 15 heavy (non-hydrogen) atoms. The summed E-state index contributed by atoms with van der Waals surface area (Å²) in [4.78, 5) is 25.1. The van der Waals surface area contributed by atoms with Gasteiger partial charge in [0.15, 0.2) is 0 Å². The number of carbonyl (C=O) groups excluding carboxylic acids is 2. The molecular formula is C10H11BrClNO2. The molecule has 0 aromatic rings. The molecule has 0 bridgehead atoms. The van der Waals surface area contributed by atoms with Crippen LogP contribution in [0.15, 0.2) is 11.1 Å². The Morgan fingerprint density at radius 1 is 1.40 bits per heavy atom. The van der Waals surface area contributed by atoms with Crippen LogP contribution < -0.4 is 0 Å². The first-order valence-electron chi connectivity index (χ1n) is 4.91. The van der Waals surface area contributed by atoms with Gasteiger partial charge in [-0.1, -0.05) is 33.6 Å². The molecule has 1 heterocycles. The summed E-state index contributed by atoms with van der Waals surface area (Å²) >= 11 is 9.13. The molecule has 2 atom stereocenters. The van der Waals surface area contributed by atoms with E-state index in [4.69, 9.17) is 11.6 Å². The zero-order chi connectivity index (χ0) is 11.0. The summed E-state index contributed by atoms with van der Waals surface area (Å²) in [6.45, 7) is 0.461. The molecule has 0 spiro atoms. The topological polar surface area (TPSA) is 37.4 Å². The molecule has 0 aromatic heterocycles. The molecule has 5 heteroatoms. The molecule has 1 aliphatic carbocycles. The predicted molar refractivity (Wildman–Crippen MR) is 60.7 cm³/mol. The van der Waals surface area contributed by atoms with Gasteiger partial charge in [0.2, 0.25) is 11.8 Å². The summed E-state index contributed by atoms with van der Waals surface area (Å²) in [6, 6.07) is 0. The number of imide groups is 1. The molecule has 3 nitrogen and oxygen atoms in total. The van der Waals surface area contributed by atoms with Gasteiger partial charge in [0.25, 0.3) is 0 Å². The minimum absolute atomic E-state index is 0.0372. The van der Waals surface area contributed by atoms with Crippen LogP contribution >= 0.6 is 27.5 Å². The monoisotopic (exact) mass is 291 g/mol. The number of nitrogens with zero attached hydrogens (tertiary/aromatic N) is 1. The van der Waals surface area contributed by atoms with Gasteiger partial charge in [-0.05, 0) is 12.8 Å². The van der Waals surface area contributed by atoms with Gasteiger partial charge < -0.3 is 0 Å². The van der Waals surface area contributed by atoms with Crippen molar-refractivity contribution < 1.29 is 9.59 Å². The number of halogens is 2. The van der Waals surface area contributed by atoms with Crippen molar-refractivity contribution in [2.24, 2.45) is 11.8 Å². The molecule has 2 rings (SSSR count). The number of alkyl halides is 1. The van der Waals surface area contributed by atoms with Crippen LogP contribution in [0.1, 0.15) is 12.8 Å². The smallest absolute Gasteiger partial charge is 0.233 e. The van der Waals surface area contributed by atoms with Crippen LogP contribution in [0.2, 0.25) is 0 Å². The van der Waals surface area contributed by atoms with Gasteiger partial charge in [0.05, 0.1) is 11.8 Å². The third kappa shape index (κ3) is 1.85. The Balaban J connectivity index is 2.20. The number of likely N-dealkylation sites (tertiary alicyclic amines) is 1. The lowest BCUT2D eigenvalue weighted by atomic mass is 9.85. The van der Waals surface area contributed by atoms with Crippen molar-refractivity contribution in [1.29, 1.82) is 0 Å². The average Bonchev–Trinajstić information content (AvgIpc) is 2.44. The molecule has 1 fully saturated rings. The van der Waals surface area contributed by atoms with Crippen molar-refractivity contribution in [3.8, 4) is 0 Å². The van der Waals surface area contributed by atoms with Gasteiger partial charge in [0, 0.05) is 16.9 Å². The lowest BCUT2D eigenvalue weighted by molar-refractivity contribution is -0.139. The molecule has 0 radical (unpaired) electrons. The number of amides is 2. The second kappa shape index (κ2) is 4.26. The largest absolute Gasteiger partial charge is 0.281 e. The number of allylic oxidation sites excluding steroid dienone is 2. The predicted octanol–water partition coefficient (Wildman–Crippen LogP) is 1.90. The van der Waals surface area contributed by atoms with Crippen LogP contribution in [0.4, 0.5) is 0 Å². The van der Waals surface area contributed by atoms with Gasteiger partial charge >= 0.3 is 0 Å². The maximum atomic E-state index is 11.9. The van der Waals surface area contributed by atoms with E-state index in [1.54, 1.807) is 0 Å². The van der Waals surface area contributed by atoms with Crippen molar-refractivity contribution in [1.82, 2.24) is 4.90 Å². The van der Waals surface area contributed by atoms with Crippen molar-refractivity contribution in [2.75, 3.05) is 11.9 Å². The summed E-state index contributed by atoms with van der Waals surface area (Å²) in [6.07, 6.45) is 2.98.